The minimum Gasteiger partial charge on any atom is -0.466 e. The van der Waals surface area contributed by atoms with Crippen molar-refractivity contribution in [2.45, 2.75) is 53.9 Å². The predicted octanol–water partition coefficient (Wildman–Crippen LogP) is 2.95. The zero-order chi connectivity index (χ0) is 14.2. The van der Waals surface area contributed by atoms with Gasteiger partial charge in [0, 0.05) is 0 Å². The lowest BCUT2D eigenvalue weighted by molar-refractivity contribution is -0.150. The summed E-state index contributed by atoms with van der Waals surface area (Å²) in [5.41, 5.74) is -0.382. The highest BCUT2D eigenvalue weighted by Gasteiger charge is 2.32. The molecule has 0 atom stereocenters. The first-order valence-electron chi connectivity index (χ1n) is 6.64. The molecule has 0 saturated carbocycles. The van der Waals surface area contributed by atoms with Crippen LogP contribution in [0.3, 0.4) is 0 Å². The second kappa shape index (κ2) is 8.11. The van der Waals surface area contributed by atoms with Gasteiger partial charge in [-0.15, -0.1) is 0 Å². The van der Waals surface area contributed by atoms with Gasteiger partial charge in [-0.1, -0.05) is 20.8 Å². The van der Waals surface area contributed by atoms with Gasteiger partial charge in [-0.3, -0.25) is 9.59 Å². The molecule has 106 valence electrons. The van der Waals surface area contributed by atoms with Crippen LogP contribution < -0.4 is 0 Å². The standard InChI is InChI=1S/C14H26O4/c1-6-17-12(15)9-14(5,8-11(3)4)10-13(16)18-7-2/h11H,6-10H2,1-5H3. The van der Waals surface area contributed by atoms with Gasteiger partial charge in [-0.2, -0.15) is 0 Å². The van der Waals surface area contributed by atoms with Gasteiger partial charge >= 0.3 is 11.9 Å². The van der Waals surface area contributed by atoms with E-state index >= 15 is 0 Å². The van der Waals surface area contributed by atoms with Crippen molar-refractivity contribution in [2.24, 2.45) is 11.3 Å². The Hall–Kier alpha value is -1.06. The minimum atomic E-state index is -0.382. The molecule has 4 heteroatoms. The van der Waals surface area contributed by atoms with Crippen LogP contribution in [0.2, 0.25) is 0 Å². The zero-order valence-corrected chi connectivity index (χ0v) is 12.2. The zero-order valence-electron chi connectivity index (χ0n) is 12.2. The van der Waals surface area contributed by atoms with Crippen LogP contribution in [0.15, 0.2) is 0 Å². The SMILES string of the molecule is CCOC(=O)CC(C)(CC(=O)OCC)CC(C)C. The molecule has 0 N–H and O–H groups in total. The summed E-state index contributed by atoms with van der Waals surface area (Å²) in [5, 5.41) is 0. The van der Waals surface area contributed by atoms with E-state index in [1.807, 2.05) is 6.92 Å². The Bertz CT molecular complexity index is 251. The third kappa shape index (κ3) is 7.30. The molecule has 0 heterocycles. The van der Waals surface area contributed by atoms with Crippen LogP contribution in [-0.2, 0) is 19.1 Å². The van der Waals surface area contributed by atoms with Crippen molar-refractivity contribution in [1.82, 2.24) is 0 Å². The second-order valence-electron chi connectivity index (χ2n) is 5.37. The quantitative estimate of drug-likeness (QED) is 0.628. The van der Waals surface area contributed by atoms with Gasteiger partial charge in [0.25, 0.3) is 0 Å². The van der Waals surface area contributed by atoms with E-state index in [0.29, 0.717) is 19.1 Å². The molecule has 0 aromatic carbocycles. The van der Waals surface area contributed by atoms with Gasteiger partial charge in [-0.25, -0.2) is 0 Å². The molecule has 0 aliphatic rings. The van der Waals surface area contributed by atoms with Crippen LogP contribution >= 0.6 is 0 Å². The highest BCUT2D eigenvalue weighted by Crippen LogP contribution is 2.34. The Labute approximate surface area is 110 Å². The average Bonchev–Trinajstić information content (AvgIpc) is 2.14. The molecule has 4 nitrogen and oxygen atoms in total. The third-order valence-corrected chi connectivity index (χ3v) is 2.65. The van der Waals surface area contributed by atoms with Crippen molar-refractivity contribution in [3.63, 3.8) is 0 Å². The number of hydrogen-bond acceptors (Lipinski definition) is 4. The van der Waals surface area contributed by atoms with E-state index in [1.165, 1.54) is 0 Å². The van der Waals surface area contributed by atoms with E-state index in [1.54, 1.807) is 13.8 Å². The minimum absolute atomic E-state index is 0.245. The summed E-state index contributed by atoms with van der Waals surface area (Å²) in [4.78, 5) is 23.2. The molecule has 0 aliphatic carbocycles. The highest BCUT2D eigenvalue weighted by atomic mass is 16.5. The molecule has 0 aromatic rings. The van der Waals surface area contributed by atoms with E-state index in [0.717, 1.165) is 6.42 Å². The fraction of sp³-hybridized carbons (Fsp3) is 0.857. The van der Waals surface area contributed by atoms with E-state index < -0.39 is 0 Å². The molecule has 0 radical (unpaired) electrons. The first-order valence-corrected chi connectivity index (χ1v) is 6.64. The van der Waals surface area contributed by atoms with E-state index in [9.17, 15) is 9.59 Å². The fourth-order valence-electron chi connectivity index (χ4n) is 2.31. The van der Waals surface area contributed by atoms with Gasteiger partial charge in [0.05, 0.1) is 26.1 Å². The highest BCUT2D eigenvalue weighted by molar-refractivity contribution is 5.74. The molecule has 0 saturated heterocycles. The van der Waals surface area contributed by atoms with E-state index in [-0.39, 0.29) is 30.2 Å². The lowest BCUT2D eigenvalue weighted by atomic mass is 9.76. The molecule has 0 amide bonds. The number of carbonyl (C=O) groups is 2. The van der Waals surface area contributed by atoms with E-state index in [4.69, 9.17) is 9.47 Å². The Morgan fingerprint density at radius 1 is 1.00 bits per heavy atom. The molecular weight excluding hydrogens is 232 g/mol. The number of hydrogen-bond donors (Lipinski definition) is 0. The Kier molecular flexibility index (Phi) is 7.64. The Morgan fingerprint density at radius 3 is 1.67 bits per heavy atom. The number of carbonyl (C=O) groups excluding carboxylic acids is 2. The lowest BCUT2D eigenvalue weighted by Crippen LogP contribution is -2.28. The molecule has 0 aromatic heterocycles. The first-order chi connectivity index (χ1) is 8.33. The molecule has 0 rings (SSSR count). The number of rotatable bonds is 8. The van der Waals surface area contributed by atoms with Gasteiger partial charge in [0.2, 0.25) is 0 Å². The average molecular weight is 258 g/mol. The first kappa shape index (κ1) is 16.9. The normalized spacial score (nSPS) is 11.4. The largest absolute Gasteiger partial charge is 0.466 e. The molecule has 0 unspecified atom stereocenters. The number of esters is 2. The fourth-order valence-corrected chi connectivity index (χ4v) is 2.31. The van der Waals surface area contributed by atoms with Crippen LogP contribution in [0.25, 0.3) is 0 Å². The van der Waals surface area contributed by atoms with Crippen LogP contribution in [0.4, 0.5) is 0 Å². The summed E-state index contributed by atoms with van der Waals surface area (Å²) in [5.74, 6) is -0.0752. The summed E-state index contributed by atoms with van der Waals surface area (Å²) in [6.07, 6.45) is 1.32. The van der Waals surface area contributed by atoms with Crippen molar-refractivity contribution < 1.29 is 19.1 Å². The van der Waals surface area contributed by atoms with Crippen LogP contribution in [0, 0.1) is 11.3 Å². The third-order valence-electron chi connectivity index (χ3n) is 2.65. The van der Waals surface area contributed by atoms with Crippen molar-refractivity contribution in [1.29, 1.82) is 0 Å². The maximum absolute atomic E-state index is 11.6. The maximum atomic E-state index is 11.6. The number of ether oxygens (including phenoxy) is 2. The summed E-state index contributed by atoms with van der Waals surface area (Å²) in [6.45, 7) is 10.4. The summed E-state index contributed by atoms with van der Waals surface area (Å²) in [7, 11) is 0. The second-order valence-corrected chi connectivity index (χ2v) is 5.37. The molecule has 0 fully saturated rings. The molecule has 0 aliphatic heterocycles. The van der Waals surface area contributed by atoms with Crippen LogP contribution in [0.1, 0.15) is 53.9 Å². The van der Waals surface area contributed by atoms with Crippen LogP contribution in [-0.4, -0.2) is 25.2 Å². The topological polar surface area (TPSA) is 52.6 Å². The van der Waals surface area contributed by atoms with Crippen LogP contribution in [0.5, 0.6) is 0 Å². The monoisotopic (exact) mass is 258 g/mol. The van der Waals surface area contributed by atoms with Gasteiger partial charge in [0.1, 0.15) is 0 Å². The van der Waals surface area contributed by atoms with Crippen molar-refractivity contribution >= 4 is 11.9 Å². The van der Waals surface area contributed by atoms with Crippen molar-refractivity contribution in [3.8, 4) is 0 Å². The van der Waals surface area contributed by atoms with Crippen molar-refractivity contribution in [2.75, 3.05) is 13.2 Å². The van der Waals surface area contributed by atoms with Gasteiger partial charge < -0.3 is 9.47 Å². The predicted molar refractivity (Wildman–Crippen MR) is 70.1 cm³/mol. The molecule has 0 spiro atoms. The molecular formula is C14H26O4. The maximum Gasteiger partial charge on any atom is 0.306 e. The Balaban J connectivity index is 4.60. The van der Waals surface area contributed by atoms with Gasteiger partial charge in [-0.05, 0) is 31.6 Å². The van der Waals surface area contributed by atoms with E-state index in [2.05, 4.69) is 13.8 Å². The summed E-state index contributed by atoms with van der Waals surface area (Å²) in [6, 6.07) is 0. The summed E-state index contributed by atoms with van der Waals surface area (Å²) < 4.78 is 9.94. The smallest absolute Gasteiger partial charge is 0.306 e. The molecule has 0 bridgehead atoms. The molecule has 18 heavy (non-hydrogen) atoms. The Morgan fingerprint density at radius 2 is 1.39 bits per heavy atom. The van der Waals surface area contributed by atoms with Gasteiger partial charge in [0.15, 0.2) is 0 Å². The van der Waals surface area contributed by atoms with Crippen molar-refractivity contribution in [3.05, 3.63) is 0 Å². The lowest BCUT2D eigenvalue weighted by Gasteiger charge is -2.29. The summed E-state index contributed by atoms with van der Waals surface area (Å²) >= 11 is 0.